The monoisotopic (exact) mass is 971 g/mol. The zero-order chi connectivity index (χ0) is 48.4. The number of ether oxygens (including phenoxy) is 1. The molecule has 1 aromatic heterocycles. The molecule has 3 heterocycles. The minimum atomic E-state index is -2.64. The van der Waals surface area contributed by atoms with Gasteiger partial charge in [0, 0.05) is 29.8 Å². The smallest absolute Gasteiger partial charge is 0.255 e. The van der Waals surface area contributed by atoms with Crippen molar-refractivity contribution >= 4 is 61.9 Å². The summed E-state index contributed by atoms with van der Waals surface area (Å²) in [6, 6.07) is 14.8. The molecule has 3 N–H and O–H groups in total. The van der Waals surface area contributed by atoms with Gasteiger partial charge in [0.2, 0.25) is 11.8 Å². The maximum absolute atomic E-state index is 14.4. The van der Waals surface area contributed by atoms with Crippen LogP contribution in [0.2, 0.25) is 0 Å². The van der Waals surface area contributed by atoms with Crippen LogP contribution in [-0.4, -0.2) is 79.7 Å². The third-order valence-electron chi connectivity index (χ3n) is 13.6. The number of para-hydroxylation sites is 2. The summed E-state index contributed by atoms with van der Waals surface area (Å²) in [4.78, 5) is 63.3. The number of nitrogens with one attached hydrogen (secondary N) is 1. The summed E-state index contributed by atoms with van der Waals surface area (Å²) in [5.74, 6) is 4.75. The molecule has 3 aliphatic carbocycles. The number of rotatable bonds is 21. The van der Waals surface area contributed by atoms with E-state index >= 15 is 0 Å². The lowest BCUT2D eigenvalue weighted by atomic mass is 9.86. The number of nitrogens with two attached hydrogens (primary N) is 1. The molecule has 4 unspecified atom stereocenters. The lowest BCUT2D eigenvalue weighted by Crippen LogP contribution is -2.49. The van der Waals surface area contributed by atoms with Gasteiger partial charge in [-0.3, -0.25) is 19.1 Å². The maximum atomic E-state index is 14.4. The summed E-state index contributed by atoms with van der Waals surface area (Å²) in [6.45, 7) is 11.0. The maximum Gasteiger partial charge on any atom is 0.255 e. The number of carbonyl (C=O) groups is 3. The first-order valence-corrected chi connectivity index (χ1v) is 27.7. The number of benzene rings is 2. The first kappa shape index (κ1) is 51.3. The molecular formula is C53H74N6O7S2. The van der Waals surface area contributed by atoms with Crippen molar-refractivity contribution in [2.24, 2.45) is 34.4 Å². The molecule has 0 bridgehead atoms. The van der Waals surface area contributed by atoms with Crippen LogP contribution in [0.1, 0.15) is 136 Å². The van der Waals surface area contributed by atoms with Crippen molar-refractivity contribution in [3.63, 3.8) is 0 Å². The Bertz CT molecular complexity index is 2350. The second kappa shape index (κ2) is 23.4. The summed E-state index contributed by atoms with van der Waals surface area (Å²) in [6.07, 6.45) is 16.9. The van der Waals surface area contributed by atoms with E-state index in [0.29, 0.717) is 37.6 Å². The van der Waals surface area contributed by atoms with Crippen molar-refractivity contribution in [2.75, 3.05) is 18.2 Å². The average molecular weight is 971 g/mol. The fourth-order valence-electron chi connectivity index (χ4n) is 9.24. The van der Waals surface area contributed by atoms with Gasteiger partial charge in [-0.05, 0) is 106 Å². The van der Waals surface area contributed by atoms with Crippen LogP contribution >= 0.6 is 11.3 Å². The van der Waals surface area contributed by atoms with Gasteiger partial charge in [-0.15, -0.1) is 16.3 Å². The number of hydrogen-bond donors (Lipinski definition) is 2. The summed E-state index contributed by atoms with van der Waals surface area (Å²) in [7, 11) is -2.64. The predicted molar refractivity (Wildman–Crippen MR) is 274 cm³/mol. The number of unbranched alkanes of at least 4 members (excludes halogenated alkanes) is 3. The van der Waals surface area contributed by atoms with Crippen molar-refractivity contribution < 1.29 is 33.2 Å². The molecule has 1 saturated heterocycles. The first-order valence-electron chi connectivity index (χ1n) is 25.1. The number of allylic oxidation sites excluding steroid dienone is 2. The molecule has 4 fully saturated rings. The topological polar surface area (TPSA) is 166 Å². The minimum absolute atomic E-state index is 0.147. The largest absolute Gasteiger partial charge is 0.475 e. The number of hydrogen-bond acceptors (Lipinski definition) is 11. The number of carbonyl (C=O) groups excluding carboxylic acids is 3. The molecule has 5 aliphatic rings. The molecule has 2 aromatic carbocycles. The van der Waals surface area contributed by atoms with Crippen LogP contribution < -0.4 is 15.5 Å². The normalized spacial score (nSPS) is 23.0. The van der Waals surface area contributed by atoms with Crippen LogP contribution in [0.25, 0.3) is 10.6 Å². The molecule has 8 rings (SSSR count). The van der Waals surface area contributed by atoms with E-state index < -0.39 is 33.9 Å². The molecular weight excluding hydrogens is 897 g/mol. The molecule has 3 saturated carbocycles. The third-order valence-corrected chi connectivity index (χ3v) is 17.1. The van der Waals surface area contributed by atoms with E-state index in [1.165, 1.54) is 37.0 Å². The van der Waals surface area contributed by atoms with Crippen molar-refractivity contribution in [2.45, 2.75) is 160 Å². The number of hydroxylamine groups is 1. The van der Waals surface area contributed by atoms with Gasteiger partial charge < -0.3 is 15.4 Å². The van der Waals surface area contributed by atoms with Crippen molar-refractivity contribution in [1.82, 2.24) is 14.6 Å². The van der Waals surface area contributed by atoms with E-state index in [2.05, 4.69) is 61.0 Å². The fraction of sp³-hybridized carbons (Fsp3) is 0.585. The van der Waals surface area contributed by atoms with Crippen LogP contribution in [0.5, 0.6) is 0 Å². The van der Waals surface area contributed by atoms with Gasteiger partial charge in [-0.25, -0.2) is 19.2 Å². The Morgan fingerprint density at radius 3 is 2.50 bits per heavy atom. The Balaban J connectivity index is 0.00000165. The Labute approximate surface area is 408 Å². The second-order valence-corrected chi connectivity index (χ2v) is 23.7. The lowest BCUT2D eigenvalue weighted by Gasteiger charge is -2.28. The predicted octanol–water partition coefficient (Wildman–Crippen LogP) is 9.85. The zero-order valence-electron chi connectivity index (χ0n) is 40.9. The van der Waals surface area contributed by atoms with Gasteiger partial charge in [0.05, 0.1) is 44.5 Å². The van der Waals surface area contributed by atoms with Gasteiger partial charge >= 0.3 is 0 Å². The number of aromatic nitrogens is 1. The summed E-state index contributed by atoms with van der Waals surface area (Å²) >= 11 is 1.66. The highest BCUT2D eigenvalue weighted by atomic mass is 32.2. The highest BCUT2D eigenvalue weighted by Crippen LogP contribution is 2.45. The number of anilines is 1. The van der Waals surface area contributed by atoms with Gasteiger partial charge in [0.15, 0.2) is 12.0 Å². The first-order chi connectivity index (χ1) is 32.6. The Morgan fingerprint density at radius 1 is 1.04 bits per heavy atom. The van der Waals surface area contributed by atoms with Crippen LogP contribution in [0.3, 0.4) is 0 Å². The van der Waals surface area contributed by atoms with Gasteiger partial charge in [0.1, 0.15) is 17.2 Å². The van der Waals surface area contributed by atoms with E-state index in [4.69, 9.17) is 30.3 Å². The molecule has 2 aliphatic heterocycles. The molecule has 3 amide bonds. The number of likely N-dealkylation sites (tertiary alicyclic amines) is 1. The highest BCUT2D eigenvalue weighted by Gasteiger charge is 2.49. The van der Waals surface area contributed by atoms with Crippen molar-refractivity contribution in [3.8, 4) is 10.6 Å². The lowest BCUT2D eigenvalue weighted by molar-refractivity contribution is -0.327. The van der Waals surface area contributed by atoms with E-state index in [-0.39, 0.29) is 41.4 Å². The Hall–Kier alpha value is -4.57. The molecule has 0 radical (unpaired) electrons. The number of nitrogens with zero attached hydrogens (tertiary/aromatic N) is 4. The number of amides is 3. The summed E-state index contributed by atoms with van der Waals surface area (Å²) in [5.41, 5.74) is 10.8. The van der Waals surface area contributed by atoms with E-state index in [0.717, 1.165) is 84.1 Å². The molecule has 68 heavy (non-hydrogen) atoms. The average Bonchev–Trinajstić information content (AvgIpc) is 4.08. The number of fused-ring (bicyclic) bond motifs is 1. The minimum Gasteiger partial charge on any atom is -0.475 e. The van der Waals surface area contributed by atoms with Crippen molar-refractivity contribution in [1.29, 1.82) is 0 Å². The highest BCUT2D eigenvalue weighted by molar-refractivity contribution is 8.00. The van der Waals surface area contributed by atoms with Crippen LogP contribution in [0, 0.1) is 23.7 Å². The molecule has 3 aromatic rings. The zero-order valence-corrected chi connectivity index (χ0v) is 42.5. The summed E-state index contributed by atoms with van der Waals surface area (Å²) in [5, 5.41) is 4.72. The van der Waals surface area contributed by atoms with Crippen LogP contribution in [0.15, 0.2) is 71.1 Å². The molecule has 15 heteroatoms. The molecule has 0 spiro atoms. The number of thiazole rings is 1. The van der Waals surface area contributed by atoms with Crippen LogP contribution in [0.4, 0.5) is 11.4 Å². The Morgan fingerprint density at radius 2 is 1.79 bits per heavy atom. The van der Waals surface area contributed by atoms with E-state index in [9.17, 15) is 18.6 Å². The molecule has 370 valence electrons. The summed E-state index contributed by atoms with van der Waals surface area (Å²) < 4.78 is 21.8. The van der Waals surface area contributed by atoms with E-state index in [1.54, 1.807) is 16.4 Å². The Kier molecular flexibility index (Phi) is 17.6. The van der Waals surface area contributed by atoms with Gasteiger partial charge in [-0.2, -0.15) is 4.89 Å². The molecule has 6 atom stereocenters. The van der Waals surface area contributed by atoms with Gasteiger partial charge in [0.25, 0.3) is 5.91 Å². The SMILES string of the molecule is C=S(=O)(NC(=O)C1CC1/C=C\CCCCC[C@@H](OON(CC)c1ccccc1)C(=O)N1C[C@H](OC2=Nc3c(cccc3-c3nc(CC4CCCCC4)cs3)C2)CC1C(N)=O)C1(C)CC1.CC(C)C. The quantitative estimate of drug-likeness (QED) is 0.0348. The van der Waals surface area contributed by atoms with Crippen molar-refractivity contribution in [3.05, 3.63) is 77.3 Å². The van der Waals surface area contributed by atoms with Crippen LogP contribution in [-0.2, 0) is 51.5 Å². The third kappa shape index (κ3) is 13.6. The standard InChI is InChI=1S/C49H64N6O7S2.C4H10/c1-4-55(37-21-13-9-14-22-37)62-61-42(24-15-7-5-6-12-19-34-28-40(34)46(57)53-64(3,59)49(2)25-26-49)48(58)54-31-38(30-41(54)45(50)56)60-43-29-35-20-16-23-39(44(35)52-43)47-51-36(32-63-47)27-33-17-10-8-11-18-33;1-4(2)3/h9,12-14,16,19-23,32-34,38,40-42H,3-8,10-11,15,17-18,24-31H2,1-2H3,(H2,50,56)(H,53,57,59);4H,1-3H3/b19-12-;/t34?,38-,40?,41?,42-,64?;/m1./s1. The van der Waals surface area contributed by atoms with E-state index in [1.807, 2.05) is 50.2 Å². The number of primary amides is 1. The fourth-order valence-corrected chi connectivity index (χ4v) is 11.6. The molecule has 13 nitrogen and oxygen atoms in total. The second-order valence-electron chi connectivity index (χ2n) is 20.3. The number of aliphatic imine (C=N–C) groups is 1. The van der Waals surface area contributed by atoms with Gasteiger partial charge in [-0.1, -0.05) is 108 Å².